The highest BCUT2D eigenvalue weighted by molar-refractivity contribution is 7.89. The van der Waals surface area contributed by atoms with E-state index in [1.807, 2.05) is 6.92 Å². The summed E-state index contributed by atoms with van der Waals surface area (Å²) in [5.74, 6) is -1.49. The van der Waals surface area contributed by atoms with E-state index in [4.69, 9.17) is 0 Å². The highest BCUT2D eigenvalue weighted by atomic mass is 32.2. The maximum absolute atomic E-state index is 12.2. The third kappa shape index (κ3) is 3.58. The standard InChI is InChI=1S/C14H19NO4S/c1-10-2-8-13(9-3-10)20(18,19)15-12-6-4-11(5-7-12)14(16)17/h2-3,8-9,11-12,15H,4-7H2,1H3,(H,16,17)/p-1. The van der Waals surface area contributed by atoms with E-state index in [9.17, 15) is 18.3 Å². The molecule has 0 unspecified atom stereocenters. The summed E-state index contributed by atoms with van der Waals surface area (Å²) in [5.41, 5.74) is 0.999. The lowest BCUT2D eigenvalue weighted by molar-refractivity contribution is -0.312. The van der Waals surface area contributed by atoms with Crippen LogP contribution in [0.5, 0.6) is 0 Å². The molecule has 0 spiro atoms. The normalized spacial score (nSPS) is 23.4. The topological polar surface area (TPSA) is 86.3 Å². The van der Waals surface area contributed by atoms with Gasteiger partial charge in [0.1, 0.15) is 0 Å². The van der Waals surface area contributed by atoms with Gasteiger partial charge in [0.2, 0.25) is 10.0 Å². The van der Waals surface area contributed by atoms with Gasteiger partial charge in [0.25, 0.3) is 0 Å². The van der Waals surface area contributed by atoms with E-state index in [0.29, 0.717) is 25.7 Å². The molecular formula is C14H18NO4S-. The van der Waals surface area contributed by atoms with Crippen molar-refractivity contribution < 1.29 is 18.3 Å². The van der Waals surface area contributed by atoms with Crippen molar-refractivity contribution >= 4 is 16.0 Å². The molecule has 110 valence electrons. The molecule has 0 amide bonds. The van der Waals surface area contributed by atoms with Crippen molar-refractivity contribution in [3.8, 4) is 0 Å². The molecule has 1 aromatic carbocycles. The largest absolute Gasteiger partial charge is 0.550 e. The molecule has 20 heavy (non-hydrogen) atoms. The molecule has 0 saturated heterocycles. The molecule has 1 aliphatic rings. The van der Waals surface area contributed by atoms with Crippen LogP contribution in [0, 0.1) is 12.8 Å². The second-order valence-corrected chi connectivity index (χ2v) is 7.02. The summed E-state index contributed by atoms with van der Waals surface area (Å²) in [7, 11) is -3.53. The van der Waals surface area contributed by atoms with Crippen molar-refractivity contribution in [3.63, 3.8) is 0 Å². The summed E-state index contributed by atoms with van der Waals surface area (Å²) in [6, 6.07) is 6.45. The minimum atomic E-state index is -3.53. The fraction of sp³-hybridized carbons (Fsp3) is 0.500. The number of carboxylic acid groups (broad SMARTS) is 1. The van der Waals surface area contributed by atoms with Gasteiger partial charge < -0.3 is 9.90 Å². The van der Waals surface area contributed by atoms with Crippen molar-refractivity contribution in [3.05, 3.63) is 29.8 Å². The van der Waals surface area contributed by atoms with Crippen LogP contribution < -0.4 is 9.83 Å². The zero-order valence-corrected chi connectivity index (χ0v) is 12.2. The predicted molar refractivity (Wildman–Crippen MR) is 72.3 cm³/mol. The number of carbonyl (C=O) groups is 1. The Kier molecular flexibility index (Phi) is 4.45. The SMILES string of the molecule is Cc1ccc(S(=O)(=O)NC2CCC(C(=O)[O-])CC2)cc1. The van der Waals surface area contributed by atoms with Gasteiger partial charge in [0.15, 0.2) is 0 Å². The van der Waals surface area contributed by atoms with Crippen molar-refractivity contribution in [1.29, 1.82) is 0 Å². The van der Waals surface area contributed by atoms with Gasteiger partial charge in [0.05, 0.1) is 4.90 Å². The highest BCUT2D eigenvalue weighted by Crippen LogP contribution is 2.25. The summed E-state index contributed by atoms with van der Waals surface area (Å²) in [4.78, 5) is 11.0. The highest BCUT2D eigenvalue weighted by Gasteiger charge is 2.26. The minimum Gasteiger partial charge on any atom is -0.550 e. The summed E-state index contributed by atoms with van der Waals surface area (Å²) >= 11 is 0. The van der Waals surface area contributed by atoms with Gasteiger partial charge in [-0.05, 0) is 50.7 Å². The Labute approximate surface area is 119 Å². The summed E-state index contributed by atoms with van der Waals surface area (Å²) in [6.07, 6.45) is 1.99. The third-order valence-electron chi connectivity index (χ3n) is 3.71. The van der Waals surface area contributed by atoms with E-state index in [1.165, 1.54) is 0 Å². The van der Waals surface area contributed by atoms with E-state index < -0.39 is 21.9 Å². The lowest BCUT2D eigenvalue weighted by Crippen LogP contribution is -2.41. The molecule has 2 rings (SSSR count). The van der Waals surface area contributed by atoms with E-state index in [1.54, 1.807) is 24.3 Å². The molecule has 6 heteroatoms. The molecule has 0 bridgehead atoms. The van der Waals surface area contributed by atoms with E-state index >= 15 is 0 Å². The van der Waals surface area contributed by atoms with Gasteiger partial charge in [-0.1, -0.05) is 17.7 Å². The minimum absolute atomic E-state index is 0.197. The predicted octanol–water partition coefficient (Wildman–Crippen LogP) is 0.582. The molecule has 0 atom stereocenters. The van der Waals surface area contributed by atoms with E-state index in [2.05, 4.69) is 4.72 Å². The van der Waals surface area contributed by atoms with E-state index in [-0.39, 0.29) is 10.9 Å². The Hall–Kier alpha value is -1.40. The summed E-state index contributed by atoms with van der Waals surface area (Å²) in [5, 5.41) is 10.7. The van der Waals surface area contributed by atoms with Crippen molar-refractivity contribution in [2.75, 3.05) is 0 Å². The molecule has 0 aliphatic heterocycles. The van der Waals surface area contributed by atoms with Crippen LogP contribution in [0.4, 0.5) is 0 Å². The Morgan fingerprint density at radius 1 is 1.15 bits per heavy atom. The number of aliphatic carboxylic acids is 1. The van der Waals surface area contributed by atoms with Crippen LogP contribution in [-0.4, -0.2) is 20.4 Å². The smallest absolute Gasteiger partial charge is 0.240 e. The molecule has 0 aromatic heterocycles. The van der Waals surface area contributed by atoms with E-state index in [0.717, 1.165) is 5.56 Å². The van der Waals surface area contributed by atoms with Crippen LogP contribution in [0.15, 0.2) is 29.2 Å². The van der Waals surface area contributed by atoms with Crippen molar-refractivity contribution in [1.82, 2.24) is 4.72 Å². The van der Waals surface area contributed by atoms with Crippen LogP contribution >= 0.6 is 0 Å². The maximum Gasteiger partial charge on any atom is 0.240 e. The molecule has 1 fully saturated rings. The first kappa shape index (κ1) is 15.0. The average molecular weight is 296 g/mol. The molecule has 0 radical (unpaired) electrons. The number of sulfonamides is 1. The first-order valence-electron chi connectivity index (χ1n) is 6.68. The van der Waals surface area contributed by atoms with Gasteiger partial charge in [-0.3, -0.25) is 0 Å². The molecule has 1 aromatic rings. The summed E-state index contributed by atoms with van der Waals surface area (Å²) in [6.45, 7) is 1.89. The number of carboxylic acids is 1. The van der Waals surface area contributed by atoms with Gasteiger partial charge in [0, 0.05) is 12.0 Å². The Balaban J connectivity index is 2.00. The number of nitrogens with one attached hydrogen (secondary N) is 1. The second-order valence-electron chi connectivity index (χ2n) is 5.30. The van der Waals surface area contributed by atoms with Crippen LogP contribution in [0.3, 0.4) is 0 Å². The fourth-order valence-electron chi connectivity index (χ4n) is 2.45. The number of rotatable bonds is 4. The number of aryl methyl sites for hydroxylation is 1. The number of carbonyl (C=O) groups excluding carboxylic acids is 1. The van der Waals surface area contributed by atoms with Crippen molar-refractivity contribution in [2.24, 2.45) is 5.92 Å². The van der Waals surface area contributed by atoms with Gasteiger partial charge >= 0.3 is 0 Å². The summed E-state index contributed by atoms with van der Waals surface area (Å²) < 4.78 is 27.0. The third-order valence-corrected chi connectivity index (χ3v) is 5.25. The average Bonchev–Trinajstić information content (AvgIpc) is 2.39. The molecular weight excluding hydrogens is 278 g/mol. The molecule has 1 N–H and O–H groups in total. The Morgan fingerprint density at radius 3 is 2.20 bits per heavy atom. The number of benzene rings is 1. The molecule has 5 nitrogen and oxygen atoms in total. The first-order valence-corrected chi connectivity index (χ1v) is 8.16. The molecule has 1 aliphatic carbocycles. The number of hydrogen-bond donors (Lipinski definition) is 1. The number of hydrogen-bond acceptors (Lipinski definition) is 4. The zero-order valence-electron chi connectivity index (χ0n) is 11.3. The van der Waals surface area contributed by atoms with Crippen LogP contribution in [0.1, 0.15) is 31.2 Å². The van der Waals surface area contributed by atoms with Gasteiger partial charge in [-0.2, -0.15) is 0 Å². The Bertz CT molecular complexity index is 572. The monoisotopic (exact) mass is 296 g/mol. The lowest BCUT2D eigenvalue weighted by atomic mass is 9.87. The Morgan fingerprint density at radius 2 is 1.70 bits per heavy atom. The fourth-order valence-corrected chi connectivity index (χ4v) is 3.76. The second kappa shape index (κ2) is 5.93. The molecule has 0 heterocycles. The van der Waals surface area contributed by atoms with Crippen molar-refractivity contribution in [2.45, 2.75) is 43.5 Å². The quantitative estimate of drug-likeness (QED) is 0.880. The van der Waals surface area contributed by atoms with Crippen LogP contribution in [0.25, 0.3) is 0 Å². The molecule has 1 saturated carbocycles. The van der Waals surface area contributed by atoms with Crippen LogP contribution in [0.2, 0.25) is 0 Å². The zero-order chi connectivity index (χ0) is 14.8. The lowest BCUT2D eigenvalue weighted by Gasteiger charge is -2.29. The van der Waals surface area contributed by atoms with Crippen LogP contribution in [-0.2, 0) is 14.8 Å². The van der Waals surface area contributed by atoms with Gasteiger partial charge in [-0.25, -0.2) is 13.1 Å². The van der Waals surface area contributed by atoms with Gasteiger partial charge in [-0.15, -0.1) is 0 Å². The maximum atomic E-state index is 12.2. The first-order chi connectivity index (χ1) is 9.38.